The van der Waals surface area contributed by atoms with Gasteiger partial charge in [-0.25, -0.2) is 4.79 Å². The monoisotopic (exact) mass is 270 g/mol. The molecule has 1 saturated carbocycles. The molecule has 0 aromatic carbocycles. The van der Waals surface area contributed by atoms with Gasteiger partial charge in [0.2, 0.25) is 0 Å². The fourth-order valence-corrected chi connectivity index (χ4v) is 2.04. The molecule has 1 heterocycles. The van der Waals surface area contributed by atoms with Crippen LogP contribution < -0.4 is 22.3 Å². The first-order valence-electron chi connectivity index (χ1n) is 6.09. The molecule has 0 unspecified atom stereocenters. The van der Waals surface area contributed by atoms with E-state index in [4.69, 9.17) is 10.5 Å². The lowest BCUT2D eigenvalue weighted by Crippen LogP contribution is -2.42. The Balaban J connectivity index is 2.26. The standard InChI is InChI=1S/C11H18N4O4/c1-19-3-2-15-9(12)8(10(17)14-11(15)18)13-6-4-7(16)5-6/h6-7,13,16H,2-5,12H2,1H3,(H,14,17,18). The van der Waals surface area contributed by atoms with Crippen molar-refractivity contribution >= 4 is 11.5 Å². The largest absolute Gasteiger partial charge is 0.393 e. The zero-order chi connectivity index (χ0) is 14.0. The van der Waals surface area contributed by atoms with Gasteiger partial charge in [-0.1, -0.05) is 0 Å². The Bertz CT molecular complexity index is 559. The molecule has 1 fully saturated rings. The Kier molecular flexibility index (Phi) is 3.91. The average molecular weight is 270 g/mol. The maximum Gasteiger partial charge on any atom is 0.330 e. The van der Waals surface area contributed by atoms with Crippen molar-refractivity contribution in [1.29, 1.82) is 0 Å². The van der Waals surface area contributed by atoms with Crippen molar-refractivity contribution in [2.45, 2.75) is 31.5 Å². The van der Waals surface area contributed by atoms with Crippen molar-refractivity contribution in [3.63, 3.8) is 0 Å². The number of nitrogens with two attached hydrogens (primary N) is 1. The first-order chi connectivity index (χ1) is 9.02. The van der Waals surface area contributed by atoms with Crippen molar-refractivity contribution in [2.75, 3.05) is 24.8 Å². The topological polar surface area (TPSA) is 122 Å². The maximum absolute atomic E-state index is 11.7. The van der Waals surface area contributed by atoms with Gasteiger partial charge in [-0.15, -0.1) is 0 Å². The smallest absolute Gasteiger partial charge is 0.330 e. The number of methoxy groups -OCH3 is 1. The van der Waals surface area contributed by atoms with Crippen LogP contribution in [0.3, 0.4) is 0 Å². The first-order valence-corrected chi connectivity index (χ1v) is 6.09. The molecule has 1 aromatic rings. The molecule has 0 radical (unpaired) electrons. The number of anilines is 2. The summed E-state index contributed by atoms with van der Waals surface area (Å²) in [7, 11) is 1.52. The number of ether oxygens (including phenoxy) is 1. The van der Waals surface area contributed by atoms with E-state index < -0.39 is 11.2 Å². The van der Waals surface area contributed by atoms with Gasteiger partial charge in [0.15, 0.2) is 0 Å². The number of hydrogen-bond donors (Lipinski definition) is 4. The first kappa shape index (κ1) is 13.6. The number of aromatic nitrogens is 2. The summed E-state index contributed by atoms with van der Waals surface area (Å²) in [6, 6.07) is 0.00628. The van der Waals surface area contributed by atoms with Gasteiger partial charge in [0.1, 0.15) is 11.5 Å². The highest BCUT2D eigenvalue weighted by Crippen LogP contribution is 2.24. The number of nitrogens with zero attached hydrogens (tertiary/aromatic N) is 1. The predicted octanol–water partition coefficient (Wildman–Crippen LogP) is -1.30. The van der Waals surface area contributed by atoms with E-state index in [2.05, 4.69) is 10.3 Å². The molecule has 106 valence electrons. The fraction of sp³-hybridized carbons (Fsp3) is 0.636. The molecule has 0 spiro atoms. The molecule has 2 rings (SSSR count). The van der Waals surface area contributed by atoms with Gasteiger partial charge in [0.25, 0.3) is 5.56 Å². The Labute approximate surface area is 109 Å². The van der Waals surface area contributed by atoms with E-state index >= 15 is 0 Å². The second-order valence-corrected chi connectivity index (χ2v) is 4.63. The van der Waals surface area contributed by atoms with Crippen LogP contribution in [0.15, 0.2) is 9.59 Å². The van der Waals surface area contributed by atoms with E-state index in [1.807, 2.05) is 0 Å². The fourth-order valence-electron chi connectivity index (χ4n) is 2.04. The van der Waals surface area contributed by atoms with Crippen LogP contribution in [0.25, 0.3) is 0 Å². The Morgan fingerprint density at radius 1 is 1.53 bits per heavy atom. The minimum Gasteiger partial charge on any atom is -0.393 e. The summed E-state index contributed by atoms with van der Waals surface area (Å²) in [6.45, 7) is 0.581. The van der Waals surface area contributed by atoms with Crippen LogP contribution in [0.5, 0.6) is 0 Å². The van der Waals surface area contributed by atoms with E-state index in [-0.39, 0.29) is 30.2 Å². The number of aromatic amines is 1. The Morgan fingerprint density at radius 3 is 2.79 bits per heavy atom. The minimum absolute atomic E-state index is 0.00628. The van der Waals surface area contributed by atoms with Gasteiger partial charge in [-0.05, 0) is 12.8 Å². The maximum atomic E-state index is 11.7. The lowest BCUT2D eigenvalue weighted by Gasteiger charge is -2.32. The molecule has 5 N–H and O–H groups in total. The van der Waals surface area contributed by atoms with Crippen LogP contribution >= 0.6 is 0 Å². The molecule has 0 atom stereocenters. The third-order valence-electron chi connectivity index (χ3n) is 3.22. The van der Waals surface area contributed by atoms with E-state index in [1.54, 1.807) is 0 Å². The van der Waals surface area contributed by atoms with Crippen LogP contribution in [-0.2, 0) is 11.3 Å². The zero-order valence-corrected chi connectivity index (χ0v) is 10.7. The Morgan fingerprint density at radius 2 is 2.21 bits per heavy atom. The zero-order valence-electron chi connectivity index (χ0n) is 10.7. The summed E-state index contributed by atoms with van der Waals surface area (Å²) in [5.74, 6) is 0.0900. The van der Waals surface area contributed by atoms with Crippen LogP contribution in [0.2, 0.25) is 0 Å². The molecule has 1 aliphatic rings. The number of aliphatic hydroxyl groups is 1. The number of rotatable bonds is 5. The van der Waals surface area contributed by atoms with E-state index in [0.29, 0.717) is 19.4 Å². The van der Waals surface area contributed by atoms with Gasteiger partial charge in [0.05, 0.1) is 19.3 Å². The van der Waals surface area contributed by atoms with Crippen LogP contribution in [0, 0.1) is 0 Å². The lowest BCUT2D eigenvalue weighted by molar-refractivity contribution is 0.0836. The average Bonchev–Trinajstić information content (AvgIpc) is 2.31. The summed E-state index contributed by atoms with van der Waals surface area (Å²) in [5.41, 5.74) is 4.92. The van der Waals surface area contributed by atoms with Gasteiger partial charge in [-0.3, -0.25) is 14.3 Å². The molecule has 0 saturated heterocycles. The highest BCUT2D eigenvalue weighted by Gasteiger charge is 2.28. The molecule has 0 aliphatic heterocycles. The molecular weight excluding hydrogens is 252 g/mol. The van der Waals surface area contributed by atoms with Gasteiger partial charge < -0.3 is 20.9 Å². The number of aliphatic hydroxyl groups excluding tert-OH is 1. The molecule has 8 nitrogen and oxygen atoms in total. The molecule has 0 bridgehead atoms. The lowest BCUT2D eigenvalue weighted by atomic mass is 9.89. The van der Waals surface area contributed by atoms with Crippen molar-refractivity contribution < 1.29 is 9.84 Å². The third-order valence-corrected chi connectivity index (χ3v) is 3.22. The highest BCUT2D eigenvalue weighted by molar-refractivity contribution is 5.61. The summed E-state index contributed by atoms with van der Waals surface area (Å²) in [6.07, 6.45) is 0.795. The number of nitrogens with one attached hydrogen (secondary N) is 2. The Hall–Kier alpha value is -1.80. The quantitative estimate of drug-likeness (QED) is 0.527. The molecule has 1 aliphatic carbocycles. The summed E-state index contributed by atoms with van der Waals surface area (Å²) in [5, 5.41) is 12.2. The van der Waals surface area contributed by atoms with Crippen LogP contribution in [0.1, 0.15) is 12.8 Å². The second kappa shape index (κ2) is 5.45. The predicted molar refractivity (Wildman–Crippen MR) is 70.3 cm³/mol. The normalized spacial score (nSPS) is 22.0. The summed E-state index contributed by atoms with van der Waals surface area (Å²) in [4.78, 5) is 25.6. The SMILES string of the molecule is COCCn1c(N)c(NC2CC(O)C2)c(=O)[nH]c1=O. The highest BCUT2D eigenvalue weighted by atomic mass is 16.5. The van der Waals surface area contributed by atoms with Crippen LogP contribution in [-0.4, -0.2) is 40.5 Å². The van der Waals surface area contributed by atoms with Gasteiger partial charge in [-0.2, -0.15) is 0 Å². The number of hydrogen-bond acceptors (Lipinski definition) is 6. The molecule has 1 aromatic heterocycles. The second-order valence-electron chi connectivity index (χ2n) is 4.63. The molecule has 19 heavy (non-hydrogen) atoms. The van der Waals surface area contributed by atoms with Crippen molar-refractivity contribution in [3.05, 3.63) is 20.8 Å². The summed E-state index contributed by atoms with van der Waals surface area (Å²) >= 11 is 0. The molecule has 0 amide bonds. The van der Waals surface area contributed by atoms with E-state index in [1.165, 1.54) is 11.7 Å². The van der Waals surface area contributed by atoms with Gasteiger partial charge >= 0.3 is 5.69 Å². The molecular formula is C11H18N4O4. The number of H-pyrrole nitrogens is 1. The van der Waals surface area contributed by atoms with Crippen LogP contribution in [0.4, 0.5) is 11.5 Å². The van der Waals surface area contributed by atoms with E-state index in [0.717, 1.165) is 0 Å². The van der Waals surface area contributed by atoms with Crippen molar-refractivity contribution in [2.24, 2.45) is 0 Å². The third kappa shape index (κ3) is 2.79. The minimum atomic E-state index is -0.557. The van der Waals surface area contributed by atoms with E-state index in [9.17, 15) is 14.7 Å². The number of nitrogen functional groups attached to an aromatic ring is 1. The van der Waals surface area contributed by atoms with Gasteiger partial charge in [0, 0.05) is 13.2 Å². The molecule has 8 heteroatoms. The van der Waals surface area contributed by atoms with Crippen molar-refractivity contribution in [1.82, 2.24) is 9.55 Å². The van der Waals surface area contributed by atoms with Crippen molar-refractivity contribution in [3.8, 4) is 0 Å². The summed E-state index contributed by atoms with van der Waals surface area (Å²) < 4.78 is 6.14.